The van der Waals surface area contributed by atoms with E-state index in [9.17, 15) is 0 Å². The molecular formula is C15H25NO. The van der Waals surface area contributed by atoms with Crippen LogP contribution in [0.2, 0.25) is 0 Å². The van der Waals surface area contributed by atoms with Crippen molar-refractivity contribution in [2.45, 2.75) is 46.6 Å². The van der Waals surface area contributed by atoms with Gasteiger partial charge in [0.05, 0.1) is 0 Å². The number of benzene rings is 1. The fourth-order valence-corrected chi connectivity index (χ4v) is 1.72. The molecular weight excluding hydrogens is 210 g/mol. The highest BCUT2D eigenvalue weighted by molar-refractivity contribution is 5.36. The van der Waals surface area contributed by atoms with Crippen LogP contribution < -0.4 is 10.1 Å². The molecule has 1 unspecified atom stereocenters. The SMILES string of the molecule is CCCNCC(CC)Oc1cc(C)ccc1C. The standard InChI is InChI=1S/C15H25NO/c1-5-9-16-11-14(6-2)17-15-10-12(3)7-8-13(15)4/h7-8,10,14,16H,5-6,9,11H2,1-4H3. The van der Waals surface area contributed by atoms with E-state index in [0.717, 1.165) is 25.3 Å². The summed E-state index contributed by atoms with van der Waals surface area (Å²) in [5.41, 5.74) is 2.46. The minimum atomic E-state index is 0.266. The van der Waals surface area contributed by atoms with Gasteiger partial charge in [-0.2, -0.15) is 0 Å². The van der Waals surface area contributed by atoms with E-state index in [1.807, 2.05) is 0 Å². The molecule has 2 nitrogen and oxygen atoms in total. The molecule has 0 fully saturated rings. The summed E-state index contributed by atoms with van der Waals surface area (Å²) in [7, 11) is 0. The topological polar surface area (TPSA) is 21.3 Å². The highest BCUT2D eigenvalue weighted by Gasteiger charge is 2.09. The van der Waals surface area contributed by atoms with Crippen LogP contribution in [0.15, 0.2) is 18.2 Å². The Morgan fingerprint density at radius 3 is 2.65 bits per heavy atom. The smallest absolute Gasteiger partial charge is 0.122 e. The number of rotatable bonds is 7. The van der Waals surface area contributed by atoms with E-state index in [1.165, 1.54) is 17.5 Å². The van der Waals surface area contributed by atoms with Gasteiger partial charge in [-0.15, -0.1) is 0 Å². The molecule has 0 saturated carbocycles. The minimum absolute atomic E-state index is 0.266. The van der Waals surface area contributed by atoms with Gasteiger partial charge in [0.1, 0.15) is 11.9 Å². The Balaban J connectivity index is 2.57. The van der Waals surface area contributed by atoms with Gasteiger partial charge in [-0.05, 0) is 50.4 Å². The first-order valence-electron chi connectivity index (χ1n) is 6.62. The number of hydrogen-bond acceptors (Lipinski definition) is 2. The van der Waals surface area contributed by atoms with Gasteiger partial charge in [-0.3, -0.25) is 0 Å². The molecule has 2 heteroatoms. The molecule has 0 saturated heterocycles. The number of nitrogens with one attached hydrogen (secondary N) is 1. The van der Waals surface area contributed by atoms with E-state index in [-0.39, 0.29) is 6.10 Å². The molecule has 0 spiro atoms. The summed E-state index contributed by atoms with van der Waals surface area (Å²) >= 11 is 0. The van der Waals surface area contributed by atoms with Crippen molar-refractivity contribution in [1.82, 2.24) is 5.32 Å². The van der Waals surface area contributed by atoms with Crippen LogP contribution >= 0.6 is 0 Å². The number of hydrogen-bond donors (Lipinski definition) is 1. The lowest BCUT2D eigenvalue weighted by molar-refractivity contribution is 0.192. The third-order valence-electron chi connectivity index (χ3n) is 2.89. The predicted molar refractivity (Wildman–Crippen MR) is 73.8 cm³/mol. The summed E-state index contributed by atoms with van der Waals surface area (Å²) in [6.45, 7) is 10.5. The van der Waals surface area contributed by atoms with Crippen LogP contribution in [0.25, 0.3) is 0 Å². The largest absolute Gasteiger partial charge is 0.489 e. The Bertz CT molecular complexity index is 336. The molecule has 1 atom stereocenters. The van der Waals surface area contributed by atoms with Gasteiger partial charge in [0.25, 0.3) is 0 Å². The molecule has 0 aliphatic heterocycles. The average Bonchev–Trinajstić information content (AvgIpc) is 2.32. The summed E-state index contributed by atoms with van der Waals surface area (Å²) in [6, 6.07) is 6.37. The monoisotopic (exact) mass is 235 g/mol. The van der Waals surface area contributed by atoms with Crippen LogP contribution in [0.5, 0.6) is 5.75 Å². The van der Waals surface area contributed by atoms with E-state index in [1.54, 1.807) is 0 Å². The second-order valence-electron chi connectivity index (χ2n) is 4.62. The van der Waals surface area contributed by atoms with Crippen molar-refractivity contribution < 1.29 is 4.74 Å². The third kappa shape index (κ3) is 4.78. The third-order valence-corrected chi connectivity index (χ3v) is 2.89. The molecule has 0 heterocycles. The summed E-state index contributed by atoms with van der Waals surface area (Å²) in [5, 5.41) is 3.42. The van der Waals surface area contributed by atoms with Crippen LogP contribution in [0.3, 0.4) is 0 Å². The van der Waals surface area contributed by atoms with Crippen LogP contribution in [-0.4, -0.2) is 19.2 Å². The van der Waals surface area contributed by atoms with Crippen molar-refractivity contribution in [2.24, 2.45) is 0 Å². The summed E-state index contributed by atoms with van der Waals surface area (Å²) in [5.74, 6) is 1.02. The van der Waals surface area contributed by atoms with E-state index < -0.39 is 0 Å². The first-order valence-corrected chi connectivity index (χ1v) is 6.62. The summed E-state index contributed by atoms with van der Waals surface area (Å²) in [6.07, 6.45) is 2.46. The van der Waals surface area contributed by atoms with Crippen molar-refractivity contribution in [1.29, 1.82) is 0 Å². The molecule has 0 radical (unpaired) electrons. The van der Waals surface area contributed by atoms with E-state index >= 15 is 0 Å². The molecule has 1 N–H and O–H groups in total. The first kappa shape index (κ1) is 14.0. The molecule has 17 heavy (non-hydrogen) atoms. The predicted octanol–water partition coefficient (Wildman–Crippen LogP) is 3.46. The van der Waals surface area contributed by atoms with Gasteiger partial charge in [-0.25, -0.2) is 0 Å². The zero-order valence-electron chi connectivity index (χ0n) is 11.5. The van der Waals surface area contributed by atoms with Gasteiger partial charge in [0.2, 0.25) is 0 Å². The summed E-state index contributed by atoms with van der Waals surface area (Å²) in [4.78, 5) is 0. The maximum absolute atomic E-state index is 6.06. The number of ether oxygens (including phenoxy) is 1. The van der Waals surface area contributed by atoms with Crippen molar-refractivity contribution in [3.63, 3.8) is 0 Å². The Morgan fingerprint density at radius 2 is 2.00 bits per heavy atom. The highest BCUT2D eigenvalue weighted by atomic mass is 16.5. The second kappa shape index (κ2) is 7.33. The fraction of sp³-hybridized carbons (Fsp3) is 0.600. The molecule has 0 aliphatic rings. The molecule has 1 rings (SSSR count). The van der Waals surface area contributed by atoms with E-state index in [2.05, 4.69) is 51.2 Å². The zero-order chi connectivity index (χ0) is 12.7. The van der Waals surface area contributed by atoms with Crippen molar-refractivity contribution in [3.8, 4) is 5.75 Å². The zero-order valence-corrected chi connectivity index (χ0v) is 11.5. The molecule has 0 aliphatic carbocycles. The second-order valence-corrected chi connectivity index (χ2v) is 4.62. The molecule has 0 bridgehead atoms. The molecule has 96 valence electrons. The van der Waals surface area contributed by atoms with Gasteiger partial charge in [0.15, 0.2) is 0 Å². The van der Waals surface area contributed by atoms with E-state index in [4.69, 9.17) is 4.74 Å². The maximum atomic E-state index is 6.06. The normalized spacial score (nSPS) is 12.5. The van der Waals surface area contributed by atoms with Gasteiger partial charge >= 0.3 is 0 Å². The minimum Gasteiger partial charge on any atom is -0.489 e. The van der Waals surface area contributed by atoms with Crippen LogP contribution in [0.4, 0.5) is 0 Å². The first-order chi connectivity index (χ1) is 8.17. The lowest BCUT2D eigenvalue weighted by Crippen LogP contribution is -2.31. The Kier molecular flexibility index (Phi) is 6.06. The van der Waals surface area contributed by atoms with Crippen molar-refractivity contribution in [3.05, 3.63) is 29.3 Å². The van der Waals surface area contributed by atoms with Crippen molar-refractivity contribution in [2.75, 3.05) is 13.1 Å². The molecule has 1 aromatic rings. The van der Waals surface area contributed by atoms with Crippen LogP contribution in [-0.2, 0) is 0 Å². The Labute approximate surface area is 105 Å². The highest BCUT2D eigenvalue weighted by Crippen LogP contribution is 2.20. The van der Waals surface area contributed by atoms with Crippen LogP contribution in [0, 0.1) is 13.8 Å². The van der Waals surface area contributed by atoms with E-state index in [0.29, 0.717) is 0 Å². The van der Waals surface area contributed by atoms with Gasteiger partial charge < -0.3 is 10.1 Å². The van der Waals surface area contributed by atoms with Gasteiger partial charge in [-0.1, -0.05) is 26.0 Å². The Hall–Kier alpha value is -1.02. The quantitative estimate of drug-likeness (QED) is 0.731. The lowest BCUT2D eigenvalue weighted by Gasteiger charge is -2.19. The van der Waals surface area contributed by atoms with Gasteiger partial charge in [0, 0.05) is 6.54 Å². The fourth-order valence-electron chi connectivity index (χ4n) is 1.72. The maximum Gasteiger partial charge on any atom is 0.122 e. The van der Waals surface area contributed by atoms with Crippen LogP contribution in [0.1, 0.15) is 37.8 Å². The molecule has 0 amide bonds. The Morgan fingerprint density at radius 1 is 1.24 bits per heavy atom. The lowest BCUT2D eigenvalue weighted by atomic mass is 10.1. The molecule has 0 aromatic heterocycles. The number of aryl methyl sites for hydroxylation is 2. The van der Waals surface area contributed by atoms with Crippen molar-refractivity contribution >= 4 is 0 Å². The summed E-state index contributed by atoms with van der Waals surface area (Å²) < 4.78 is 6.06. The average molecular weight is 235 g/mol. The molecule has 1 aromatic carbocycles.